The highest BCUT2D eigenvalue weighted by molar-refractivity contribution is 5.81. The number of hydrogen-bond acceptors (Lipinski definition) is 2. The summed E-state index contributed by atoms with van der Waals surface area (Å²) in [5.41, 5.74) is 1.45. The zero-order valence-corrected chi connectivity index (χ0v) is 9.45. The maximum Gasteiger partial charge on any atom is 0.330 e. The van der Waals surface area contributed by atoms with Crippen molar-refractivity contribution in [1.82, 2.24) is 0 Å². The molecule has 0 aromatic rings. The topological polar surface area (TPSA) is 26.3 Å². The number of carbonyl (C=O) groups is 1. The fourth-order valence-corrected chi connectivity index (χ4v) is 2.99. The molecule has 15 heavy (non-hydrogen) atoms. The fourth-order valence-electron chi connectivity index (χ4n) is 2.99. The monoisotopic (exact) mass is 206 g/mol. The lowest BCUT2D eigenvalue weighted by molar-refractivity contribution is -0.150. The van der Waals surface area contributed by atoms with Crippen molar-refractivity contribution in [3.63, 3.8) is 0 Å². The summed E-state index contributed by atoms with van der Waals surface area (Å²) in [5.74, 6) is 0.870. The number of hydrogen-bond donors (Lipinski definition) is 0. The molecule has 0 amide bonds. The summed E-state index contributed by atoms with van der Waals surface area (Å²) in [6.07, 6.45) is 3.29. The second-order valence-electron chi connectivity index (χ2n) is 5.25. The molecule has 2 bridgehead atoms. The summed E-state index contributed by atoms with van der Waals surface area (Å²) in [6.45, 7) is 12.1. The Morgan fingerprint density at radius 3 is 2.67 bits per heavy atom. The first-order valence-corrected chi connectivity index (χ1v) is 5.48. The van der Waals surface area contributed by atoms with E-state index >= 15 is 0 Å². The van der Waals surface area contributed by atoms with Crippen LogP contribution < -0.4 is 0 Å². The zero-order valence-electron chi connectivity index (χ0n) is 9.45. The Hall–Kier alpha value is -1.05. The third-order valence-corrected chi connectivity index (χ3v) is 4.26. The minimum absolute atomic E-state index is 0.0766. The number of esters is 1. The van der Waals surface area contributed by atoms with Gasteiger partial charge in [0.05, 0.1) is 0 Å². The Balaban J connectivity index is 2.06. The van der Waals surface area contributed by atoms with Crippen molar-refractivity contribution in [3.8, 4) is 0 Å². The third-order valence-electron chi connectivity index (χ3n) is 4.26. The third kappa shape index (κ3) is 1.43. The van der Waals surface area contributed by atoms with Crippen molar-refractivity contribution < 1.29 is 9.53 Å². The average Bonchev–Trinajstić information content (AvgIpc) is 2.19. The van der Waals surface area contributed by atoms with Crippen LogP contribution in [-0.2, 0) is 9.53 Å². The summed E-state index contributed by atoms with van der Waals surface area (Å²) >= 11 is 0. The maximum atomic E-state index is 11.1. The van der Waals surface area contributed by atoms with Gasteiger partial charge in [-0.25, -0.2) is 4.79 Å². The van der Waals surface area contributed by atoms with Gasteiger partial charge >= 0.3 is 5.97 Å². The van der Waals surface area contributed by atoms with Crippen molar-refractivity contribution in [2.75, 3.05) is 0 Å². The van der Waals surface area contributed by atoms with Crippen LogP contribution in [0.2, 0.25) is 0 Å². The Morgan fingerprint density at radius 1 is 1.53 bits per heavy atom. The standard InChI is InChI=1S/C13H18O2/c1-5-12(14)15-11-7-9-6-10(8(11)2)13(9,3)4/h5,9-11H,1-2,6-7H2,3-4H3/t9?,10?,11-/m0/s1. The molecule has 3 aliphatic rings. The number of fused-ring (bicyclic) bond motifs is 2. The smallest absolute Gasteiger partial charge is 0.330 e. The molecule has 2 heteroatoms. The highest BCUT2D eigenvalue weighted by atomic mass is 16.5. The molecule has 0 saturated heterocycles. The molecule has 0 aliphatic heterocycles. The van der Waals surface area contributed by atoms with Crippen LogP contribution in [0, 0.1) is 17.3 Å². The number of carbonyl (C=O) groups excluding carboxylic acids is 1. The van der Waals surface area contributed by atoms with Gasteiger partial charge in [-0.3, -0.25) is 0 Å². The molecule has 82 valence electrons. The quantitative estimate of drug-likeness (QED) is 0.394. The fraction of sp³-hybridized carbons (Fsp3) is 0.615. The van der Waals surface area contributed by atoms with Crippen LogP contribution in [-0.4, -0.2) is 12.1 Å². The van der Waals surface area contributed by atoms with Gasteiger partial charge in [-0.1, -0.05) is 27.0 Å². The second kappa shape index (κ2) is 3.22. The lowest BCUT2D eigenvalue weighted by atomic mass is 9.47. The molecule has 3 rings (SSSR count). The van der Waals surface area contributed by atoms with Gasteiger partial charge in [0.2, 0.25) is 0 Å². The van der Waals surface area contributed by atoms with Crippen LogP contribution in [0.5, 0.6) is 0 Å². The van der Waals surface area contributed by atoms with E-state index in [9.17, 15) is 4.79 Å². The summed E-state index contributed by atoms with van der Waals surface area (Å²) in [5, 5.41) is 0. The van der Waals surface area contributed by atoms with E-state index < -0.39 is 0 Å². The lowest BCUT2D eigenvalue weighted by Crippen LogP contribution is -2.54. The van der Waals surface area contributed by atoms with E-state index in [4.69, 9.17) is 4.74 Å². The van der Waals surface area contributed by atoms with Crippen LogP contribution >= 0.6 is 0 Å². The van der Waals surface area contributed by atoms with E-state index in [0.717, 1.165) is 12.0 Å². The van der Waals surface area contributed by atoms with Gasteiger partial charge in [0.1, 0.15) is 6.10 Å². The first-order valence-electron chi connectivity index (χ1n) is 5.48. The molecule has 3 atom stereocenters. The van der Waals surface area contributed by atoms with Crippen LogP contribution in [0.25, 0.3) is 0 Å². The summed E-state index contributed by atoms with van der Waals surface area (Å²) in [4.78, 5) is 11.1. The maximum absolute atomic E-state index is 11.1. The minimum Gasteiger partial charge on any atom is -0.455 e. The predicted molar refractivity (Wildman–Crippen MR) is 59.2 cm³/mol. The summed E-state index contributed by atoms with van der Waals surface area (Å²) < 4.78 is 5.29. The Labute approximate surface area is 91.0 Å². The highest BCUT2D eigenvalue weighted by Crippen LogP contribution is 2.61. The van der Waals surface area contributed by atoms with Crippen LogP contribution in [0.15, 0.2) is 24.8 Å². The van der Waals surface area contributed by atoms with E-state index in [1.165, 1.54) is 12.5 Å². The van der Waals surface area contributed by atoms with Gasteiger partial charge in [-0.15, -0.1) is 0 Å². The zero-order chi connectivity index (χ0) is 11.2. The van der Waals surface area contributed by atoms with Gasteiger partial charge in [-0.05, 0) is 35.7 Å². The highest BCUT2D eigenvalue weighted by Gasteiger charge is 2.55. The molecule has 2 nitrogen and oxygen atoms in total. The summed E-state index contributed by atoms with van der Waals surface area (Å²) in [6, 6.07) is 0. The largest absolute Gasteiger partial charge is 0.455 e. The summed E-state index contributed by atoms with van der Waals surface area (Å²) in [7, 11) is 0. The van der Waals surface area contributed by atoms with Crippen LogP contribution in [0.3, 0.4) is 0 Å². The number of rotatable bonds is 2. The molecule has 3 aliphatic carbocycles. The molecule has 3 saturated carbocycles. The molecule has 0 aromatic heterocycles. The van der Waals surface area contributed by atoms with Gasteiger partial charge in [0.25, 0.3) is 0 Å². The molecule has 3 fully saturated rings. The van der Waals surface area contributed by atoms with Crippen LogP contribution in [0.4, 0.5) is 0 Å². The predicted octanol–water partition coefficient (Wildman–Crippen LogP) is 2.71. The Morgan fingerprint density at radius 2 is 2.20 bits per heavy atom. The van der Waals surface area contributed by atoms with E-state index in [-0.39, 0.29) is 12.1 Å². The minimum atomic E-state index is -0.333. The van der Waals surface area contributed by atoms with Crippen molar-refractivity contribution in [2.24, 2.45) is 17.3 Å². The van der Waals surface area contributed by atoms with Crippen molar-refractivity contribution in [3.05, 3.63) is 24.8 Å². The number of ether oxygens (including phenoxy) is 1. The van der Waals surface area contributed by atoms with Crippen LogP contribution in [0.1, 0.15) is 26.7 Å². The molecular formula is C13H18O2. The van der Waals surface area contributed by atoms with Crippen molar-refractivity contribution >= 4 is 5.97 Å². The normalized spacial score (nSPS) is 36.7. The van der Waals surface area contributed by atoms with Gasteiger partial charge in [0.15, 0.2) is 0 Å². The molecule has 0 heterocycles. The van der Waals surface area contributed by atoms with E-state index in [2.05, 4.69) is 27.0 Å². The van der Waals surface area contributed by atoms with Gasteiger partial charge in [-0.2, -0.15) is 0 Å². The van der Waals surface area contributed by atoms with E-state index in [0.29, 0.717) is 17.3 Å². The molecule has 2 unspecified atom stereocenters. The van der Waals surface area contributed by atoms with Crippen molar-refractivity contribution in [1.29, 1.82) is 0 Å². The lowest BCUT2D eigenvalue weighted by Gasteiger charge is -2.59. The molecule has 0 spiro atoms. The van der Waals surface area contributed by atoms with Gasteiger partial charge in [0, 0.05) is 6.08 Å². The first-order chi connectivity index (χ1) is 6.96. The van der Waals surface area contributed by atoms with Gasteiger partial charge < -0.3 is 4.74 Å². The second-order valence-corrected chi connectivity index (χ2v) is 5.25. The Kier molecular flexibility index (Phi) is 2.25. The molecule has 0 aromatic carbocycles. The Bertz CT molecular complexity index is 327. The van der Waals surface area contributed by atoms with E-state index in [1.807, 2.05) is 0 Å². The molecule has 0 N–H and O–H groups in total. The molecule has 0 radical (unpaired) electrons. The average molecular weight is 206 g/mol. The molecular weight excluding hydrogens is 188 g/mol. The van der Waals surface area contributed by atoms with Crippen molar-refractivity contribution in [2.45, 2.75) is 32.8 Å². The first kappa shape index (κ1) is 10.5. The van der Waals surface area contributed by atoms with E-state index in [1.54, 1.807) is 0 Å². The SMILES string of the molecule is C=CC(=O)O[C@H]1CC2CC(C1=C)C2(C)C.